The van der Waals surface area contributed by atoms with Gasteiger partial charge in [-0.2, -0.15) is 4.31 Å². The summed E-state index contributed by atoms with van der Waals surface area (Å²) >= 11 is 0. The first-order valence-corrected chi connectivity index (χ1v) is 6.98. The van der Waals surface area contributed by atoms with Crippen molar-refractivity contribution in [2.45, 2.75) is 31.7 Å². The van der Waals surface area contributed by atoms with Gasteiger partial charge in [0.05, 0.1) is 4.90 Å². The van der Waals surface area contributed by atoms with Crippen molar-refractivity contribution in [3.63, 3.8) is 0 Å². The molecule has 0 saturated carbocycles. The number of hydrogen-bond donors (Lipinski definition) is 1. The monoisotopic (exact) mass is 256 g/mol. The molecule has 0 aliphatic carbocycles. The van der Waals surface area contributed by atoms with E-state index < -0.39 is 10.0 Å². The molecule has 2 N–H and O–H groups in total. The van der Waals surface area contributed by atoms with Crippen molar-refractivity contribution in [1.29, 1.82) is 0 Å². The molecule has 5 heteroatoms. The van der Waals surface area contributed by atoms with Gasteiger partial charge in [0.1, 0.15) is 0 Å². The lowest BCUT2D eigenvalue weighted by Gasteiger charge is -2.20. The molecule has 0 heterocycles. The molecule has 1 aromatic carbocycles. The first-order chi connectivity index (χ1) is 7.75. The average Bonchev–Trinajstić information content (AvgIpc) is 2.15. The molecule has 0 radical (unpaired) electrons. The molecule has 0 aromatic heterocycles. The standard InChI is InChI=1S/C12H20N2O2S/c1-9-5-6-12(10(2)7-9)17(15,16)14(4)8-11(3)13/h5-7,11H,8,13H2,1-4H3. The molecule has 0 fully saturated rings. The van der Waals surface area contributed by atoms with E-state index in [4.69, 9.17) is 5.73 Å². The fraction of sp³-hybridized carbons (Fsp3) is 0.500. The molecule has 0 saturated heterocycles. The second kappa shape index (κ2) is 5.16. The quantitative estimate of drug-likeness (QED) is 0.882. The third kappa shape index (κ3) is 3.28. The van der Waals surface area contributed by atoms with E-state index >= 15 is 0 Å². The molecule has 0 aliphatic heterocycles. The van der Waals surface area contributed by atoms with E-state index in [0.717, 1.165) is 11.1 Å². The lowest BCUT2D eigenvalue weighted by atomic mass is 10.2. The number of aryl methyl sites for hydroxylation is 2. The summed E-state index contributed by atoms with van der Waals surface area (Å²) < 4.78 is 25.8. The number of nitrogens with zero attached hydrogens (tertiary/aromatic N) is 1. The van der Waals surface area contributed by atoms with Gasteiger partial charge in [0.25, 0.3) is 0 Å². The Morgan fingerprint density at radius 2 is 1.94 bits per heavy atom. The highest BCUT2D eigenvalue weighted by Gasteiger charge is 2.23. The molecule has 1 unspecified atom stereocenters. The minimum atomic E-state index is -3.43. The summed E-state index contributed by atoms with van der Waals surface area (Å²) in [4.78, 5) is 0.353. The maximum absolute atomic E-state index is 12.3. The van der Waals surface area contributed by atoms with Crippen LogP contribution in [0, 0.1) is 13.8 Å². The topological polar surface area (TPSA) is 63.4 Å². The molecule has 4 nitrogen and oxygen atoms in total. The Labute approximate surface area is 103 Å². The van der Waals surface area contributed by atoms with E-state index in [1.165, 1.54) is 4.31 Å². The normalized spacial score (nSPS) is 14.0. The third-order valence-electron chi connectivity index (χ3n) is 2.56. The van der Waals surface area contributed by atoms with Crippen LogP contribution in [0.2, 0.25) is 0 Å². The van der Waals surface area contributed by atoms with Gasteiger partial charge >= 0.3 is 0 Å². The second-order valence-corrected chi connectivity index (χ2v) is 6.55. The molecular weight excluding hydrogens is 236 g/mol. The first kappa shape index (κ1) is 14.2. The molecule has 0 bridgehead atoms. The van der Waals surface area contributed by atoms with Gasteiger partial charge in [0.2, 0.25) is 10.0 Å². The summed E-state index contributed by atoms with van der Waals surface area (Å²) in [7, 11) is -1.87. The van der Waals surface area contributed by atoms with Crippen LogP contribution in [-0.4, -0.2) is 32.4 Å². The smallest absolute Gasteiger partial charge is 0.243 e. The van der Waals surface area contributed by atoms with E-state index in [9.17, 15) is 8.42 Å². The molecule has 1 rings (SSSR count). The maximum atomic E-state index is 12.3. The predicted molar refractivity (Wildman–Crippen MR) is 69.4 cm³/mol. The van der Waals surface area contributed by atoms with Crippen LogP contribution in [0.5, 0.6) is 0 Å². The molecule has 1 aromatic rings. The van der Waals surface area contributed by atoms with Crippen molar-refractivity contribution < 1.29 is 8.42 Å². The van der Waals surface area contributed by atoms with E-state index in [2.05, 4.69) is 0 Å². The lowest BCUT2D eigenvalue weighted by molar-refractivity contribution is 0.445. The zero-order valence-electron chi connectivity index (χ0n) is 10.8. The Bertz CT molecular complexity index is 495. The highest BCUT2D eigenvalue weighted by Crippen LogP contribution is 2.19. The van der Waals surface area contributed by atoms with E-state index in [0.29, 0.717) is 11.4 Å². The Hall–Kier alpha value is -0.910. The van der Waals surface area contributed by atoms with Gasteiger partial charge in [-0.1, -0.05) is 17.7 Å². The Morgan fingerprint density at radius 1 is 1.35 bits per heavy atom. The van der Waals surface area contributed by atoms with Gasteiger partial charge in [0.15, 0.2) is 0 Å². The predicted octanol–water partition coefficient (Wildman–Crippen LogP) is 1.27. The van der Waals surface area contributed by atoms with Crippen molar-refractivity contribution in [1.82, 2.24) is 4.31 Å². The molecule has 0 aliphatic rings. The summed E-state index contributed by atoms with van der Waals surface area (Å²) in [5, 5.41) is 0. The van der Waals surface area contributed by atoms with Crippen molar-refractivity contribution in [2.24, 2.45) is 5.73 Å². The SMILES string of the molecule is Cc1ccc(S(=O)(=O)N(C)CC(C)N)c(C)c1. The Morgan fingerprint density at radius 3 is 2.41 bits per heavy atom. The van der Waals surface area contributed by atoms with E-state index in [-0.39, 0.29) is 6.04 Å². The van der Waals surface area contributed by atoms with Crippen LogP contribution in [0.15, 0.2) is 23.1 Å². The van der Waals surface area contributed by atoms with Crippen molar-refractivity contribution in [3.8, 4) is 0 Å². The molecule has 96 valence electrons. The van der Waals surface area contributed by atoms with Crippen LogP contribution in [0.4, 0.5) is 0 Å². The number of rotatable bonds is 4. The number of likely N-dealkylation sites (N-methyl/N-ethyl adjacent to an activating group) is 1. The van der Waals surface area contributed by atoms with Crippen LogP contribution < -0.4 is 5.73 Å². The Kier molecular flexibility index (Phi) is 4.30. The summed E-state index contributed by atoms with van der Waals surface area (Å²) in [6.07, 6.45) is 0. The highest BCUT2D eigenvalue weighted by molar-refractivity contribution is 7.89. The number of hydrogen-bond acceptors (Lipinski definition) is 3. The van der Waals surface area contributed by atoms with Gasteiger partial charge in [-0.25, -0.2) is 8.42 Å². The van der Waals surface area contributed by atoms with Crippen LogP contribution >= 0.6 is 0 Å². The highest BCUT2D eigenvalue weighted by atomic mass is 32.2. The lowest BCUT2D eigenvalue weighted by Crippen LogP contribution is -2.37. The number of benzene rings is 1. The van der Waals surface area contributed by atoms with E-state index in [1.807, 2.05) is 13.0 Å². The van der Waals surface area contributed by atoms with Crippen LogP contribution in [0.1, 0.15) is 18.1 Å². The molecule has 0 spiro atoms. The van der Waals surface area contributed by atoms with Gasteiger partial charge in [-0.15, -0.1) is 0 Å². The van der Waals surface area contributed by atoms with Crippen molar-refractivity contribution >= 4 is 10.0 Å². The average molecular weight is 256 g/mol. The van der Waals surface area contributed by atoms with Crippen molar-refractivity contribution in [2.75, 3.05) is 13.6 Å². The van der Waals surface area contributed by atoms with Crippen LogP contribution in [0.3, 0.4) is 0 Å². The Balaban J connectivity index is 3.13. The van der Waals surface area contributed by atoms with E-state index in [1.54, 1.807) is 33.0 Å². The fourth-order valence-electron chi connectivity index (χ4n) is 1.76. The second-order valence-electron chi connectivity index (χ2n) is 4.53. The summed E-state index contributed by atoms with van der Waals surface area (Å²) in [5.41, 5.74) is 7.44. The summed E-state index contributed by atoms with van der Waals surface area (Å²) in [5.74, 6) is 0. The van der Waals surface area contributed by atoms with Gasteiger partial charge in [-0.05, 0) is 32.4 Å². The molecule has 1 atom stereocenters. The molecule has 17 heavy (non-hydrogen) atoms. The number of nitrogens with two attached hydrogens (primary N) is 1. The maximum Gasteiger partial charge on any atom is 0.243 e. The number of sulfonamides is 1. The van der Waals surface area contributed by atoms with Crippen LogP contribution in [-0.2, 0) is 10.0 Å². The zero-order valence-corrected chi connectivity index (χ0v) is 11.6. The van der Waals surface area contributed by atoms with Crippen molar-refractivity contribution in [3.05, 3.63) is 29.3 Å². The first-order valence-electron chi connectivity index (χ1n) is 5.54. The van der Waals surface area contributed by atoms with Gasteiger partial charge < -0.3 is 5.73 Å². The minimum absolute atomic E-state index is 0.180. The summed E-state index contributed by atoms with van der Waals surface area (Å²) in [6.45, 7) is 5.85. The summed E-state index contributed by atoms with van der Waals surface area (Å²) in [6, 6.07) is 5.14. The van der Waals surface area contributed by atoms with Crippen LogP contribution in [0.25, 0.3) is 0 Å². The molecular formula is C12H20N2O2S. The zero-order chi connectivity index (χ0) is 13.2. The third-order valence-corrected chi connectivity index (χ3v) is 4.55. The largest absolute Gasteiger partial charge is 0.327 e. The fourth-order valence-corrected chi connectivity index (χ4v) is 3.23. The molecule has 0 amide bonds. The van der Waals surface area contributed by atoms with Gasteiger partial charge in [0, 0.05) is 19.6 Å². The van der Waals surface area contributed by atoms with Gasteiger partial charge in [-0.3, -0.25) is 0 Å². The minimum Gasteiger partial charge on any atom is -0.327 e.